The Bertz CT molecular complexity index is 470. The smallest absolute Gasteiger partial charge is 0.272 e. The van der Waals surface area contributed by atoms with Gasteiger partial charge in [-0.15, -0.1) is 0 Å². The summed E-state index contributed by atoms with van der Waals surface area (Å²) in [6, 6.07) is 0. The van der Waals surface area contributed by atoms with Gasteiger partial charge in [0, 0.05) is 43.9 Å². The molecule has 6 heteroatoms. The summed E-state index contributed by atoms with van der Waals surface area (Å²) in [7, 11) is 0. The SMILES string of the molecule is CCOC(CCNC(=O)c1n[nH]c2c1CNCC2)C(C)C. The third-order valence-corrected chi connectivity index (χ3v) is 3.86. The van der Waals surface area contributed by atoms with Gasteiger partial charge in [-0.1, -0.05) is 13.8 Å². The van der Waals surface area contributed by atoms with E-state index in [9.17, 15) is 4.79 Å². The van der Waals surface area contributed by atoms with Gasteiger partial charge in [0.2, 0.25) is 0 Å². The molecule has 118 valence electrons. The maximum atomic E-state index is 12.2. The molecule has 3 N–H and O–H groups in total. The second-order valence-corrected chi connectivity index (χ2v) is 5.74. The van der Waals surface area contributed by atoms with Crippen LogP contribution in [0.5, 0.6) is 0 Å². The molecule has 1 unspecified atom stereocenters. The van der Waals surface area contributed by atoms with Crippen molar-refractivity contribution in [2.24, 2.45) is 5.92 Å². The van der Waals surface area contributed by atoms with Crippen molar-refractivity contribution in [2.75, 3.05) is 19.7 Å². The molecule has 0 spiro atoms. The monoisotopic (exact) mass is 294 g/mol. The number of aromatic amines is 1. The second kappa shape index (κ2) is 7.56. The molecule has 1 atom stereocenters. The Balaban J connectivity index is 1.86. The molecule has 0 bridgehead atoms. The number of hydrogen-bond acceptors (Lipinski definition) is 4. The first-order chi connectivity index (χ1) is 10.1. The highest BCUT2D eigenvalue weighted by atomic mass is 16.5. The number of fused-ring (bicyclic) bond motifs is 1. The average molecular weight is 294 g/mol. The lowest BCUT2D eigenvalue weighted by Crippen LogP contribution is -2.32. The first-order valence-corrected chi connectivity index (χ1v) is 7.80. The molecule has 1 aromatic heterocycles. The average Bonchev–Trinajstić information content (AvgIpc) is 2.90. The summed E-state index contributed by atoms with van der Waals surface area (Å²) in [5.74, 6) is 0.347. The first-order valence-electron chi connectivity index (χ1n) is 7.80. The van der Waals surface area contributed by atoms with Crippen molar-refractivity contribution in [1.29, 1.82) is 0 Å². The Morgan fingerprint density at radius 3 is 3.00 bits per heavy atom. The van der Waals surface area contributed by atoms with Crippen molar-refractivity contribution in [3.8, 4) is 0 Å². The molecule has 6 nitrogen and oxygen atoms in total. The third kappa shape index (κ3) is 4.04. The molecular formula is C15H26N4O2. The number of aromatic nitrogens is 2. The molecule has 0 saturated carbocycles. The summed E-state index contributed by atoms with van der Waals surface area (Å²) in [5.41, 5.74) is 2.60. The molecule has 0 saturated heterocycles. The van der Waals surface area contributed by atoms with E-state index >= 15 is 0 Å². The number of carbonyl (C=O) groups is 1. The quantitative estimate of drug-likeness (QED) is 0.707. The normalized spacial score (nSPS) is 15.8. The van der Waals surface area contributed by atoms with E-state index < -0.39 is 0 Å². The molecule has 2 rings (SSSR count). The van der Waals surface area contributed by atoms with Crippen LogP contribution in [0.25, 0.3) is 0 Å². The highest BCUT2D eigenvalue weighted by Gasteiger charge is 2.21. The van der Waals surface area contributed by atoms with E-state index in [-0.39, 0.29) is 12.0 Å². The summed E-state index contributed by atoms with van der Waals surface area (Å²) < 4.78 is 5.68. The Hall–Kier alpha value is -1.40. The summed E-state index contributed by atoms with van der Waals surface area (Å²) in [5, 5.41) is 13.3. The van der Waals surface area contributed by atoms with E-state index in [0.717, 1.165) is 30.6 Å². The van der Waals surface area contributed by atoms with Crippen LogP contribution in [0, 0.1) is 5.92 Å². The van der Waals surface area contributed by atoms with Crippen molar-refractivity contribution >= 4 is 5.91 Å². The van der Waals surface area contributed by atoms with Gasteiger partial charge in [-0.3, -0.25) is 9.89 Å². The number of hydrogen-bond donors (Lipinski definition) is 3. The fourth-order valence-electron chi connectivity index (χ4n) is 2.65. The zero-order valence-electron chi connectivity index (χ0n) is 13.2. The molecule has 1 aliphatic heterocycles. The highest BCUT2D eigenvalue weighted by molar-refractivity contribution is 5.94. The minimum absolute atomic E-state index is 0.102. The van der Waals surface area contributed by atoms with Gasteiger partial charge >= 0.3 is 0 Å². The number of amides is 1. The van der Waals surface area contributed by atoms with Gasteiger partial charge in [0.15, 0.2) is 5.69 Å². The maximum absolute atomic E-state index is 12.2. The zero-order chi connectivity index (χ0) is 15.2. The summed E-state index contributed by atoms with van der Waals surface area (Å²) >= 11 is 0. The van der Waals surface area contributed by atoms with Gasteiger partial charge in [0.05, 0.1) is 6.10 Å². The summed E-state index contributed by atoms with van der Waals surface area (Å²) in [6.07, 6.45) is 1.90. The Morgan fingerprint density at radius 2 is 2.29 bits per heavy atom. The van der Waals surface area contributed by atoms with Crippen LogP contribution in [0.2, 0.25) is 0 Å². The largest absolute Gasteiger partial charge is 0.378 e. The highest BCUT2D eigenvalue weighted by Crippen LogP contribution is 2.15. The number of nitrogens with zero attached hydrogens (tertiary/aromatic N) is 1. The minimum atomic E-state index is -0.102. The predicted molar refractivity (Wildman–Crippen MR) is 81.2 cm³/mol. The van der Waals surface area contributed by atoms with Crippen molar-refractivity contribution in [1.82, 2.24) is 20.8 Å². The van der Waals surface area contributed by atoms with E-state index in [1.165, 1.54) is 0 Å². The number of nitrogens with one attached hydrogen (secondary N) is 3. The van der Waals surface area contributed by atoms with Crippen molar-refractivity contribution in [3.05, 3.63) is 17.0 Å². The molecule has 1 aromatic rings. The molecule has 21 heavy (non-hydrogen) atoms. The maximum Gasteiger partial charge on any atom is 0.272 e. The van der Waals surface area contributed by atoms with Gasteiger partial charge in [-0.2, -0.15) is 5.10 Å². The van der Waals surface area contributed by atoms with Gasteiger partial charge in [-0.05, 0) is 19.3 Å². The Labute approximate surface area is 126 Å². The Kier molecular flexibility index (Phi) is 5.76. The number of rotatable bonds is 7. The topological polar surface area (TPSA) is 79.0 Å². The van der Waals surface area contributed by atoms with Gasteiger partial charge < -0.3 is 15.4 Å². The number of H-pyrrole nitrogens is 1. The van der Waals surface area contributed by atoms with E-state index in [1.807, 2.05) is 6.92 Å². The fourth-order valence-corrected chi connectivity index (χ4v) is 2.65. The molecule has 2 heterocycles. The molecule has 0 radical (unpaired) electrons. The van der Waals surface area contributed by atoms with E-state index in [4.69, 9.17) is 4.74 Å². The van der Waals surface area contributed by atoms with E-state index in [0.29, 0.717) is 31.3 Å². The van der Waals surface area contributed by atoms with Crippen molar-refractivity contribution < 1.29 is 9.53 Å². The lowest BCUT2D eigenvalue weighted by atomic mass is 10.0. The lowest BCUT2D eigenvalue weighted by molar-refractivity contribution is 0.0251. The Morgan fingerprint density at radius 1 is 1.48 bits per heavy atom. The van der Waals surface area contributed by atoms with Crippen LogP contribution in [0.3, 0.4) is 0 Å². The van der Waals surface area contributed by atoms with Crippen LogP contribution in [0.15, 0.2) is 0 Å². The van der Waals surface area contributed by atoms with Crippen LogP contribution < -0.4 is 10.6 Å². The molecule has 0 aliphatic carbocycles. The zero-order valence-corrected chi connectivity index (χ0v) is 13.2. The van der Waals surface area contributed by atoms with Crippen LogP contribution in [-0.2, 0) is 17.7 Å². The van der Waals surface area contributed by atoms with Crippen LogP contribution in [-0.4, -0.2) is 41.9 Å². The van der Waals surface area contributed by atoms with Gasteiger partial charge in [0.25, 0.3) is 5.91 Å². The third-order valence-electron chi connectivity index (χ3n) is 3.86. The second-order valence-electron chi connectivity index (χ2n) is 5.74. The predicted octanol–water partition coefficient (Wildman–Crippen LogP) is 1.24. The lowest BCUT2D eigenvalue weighted by Gasteiger charge is -2.20. The molecule has 0 aromatic carbocycles. The van der Waals surface area contributed by atoms with Crippen LogP contribution in [0.1, 0.15) is 48.9 Å². The molecular weight excluding hydrogens is 268 g/mol. The molecule has 0 fully saturated rings. The summed E-state index contributed by atoms with van der Waals surface area (Å²) in [6.45, 7) is 9.22. The van der Waals surface area contributed by atoms with E-state index in [1.54, 1.807) is 0 Å². The molecule has 1 aliphatic rings. The first kappa shape index (κ1) is 16.0. The van der Waals surface area contributed by atoms with Gasteiger partial charge in [-0.25, -0.2) is 0 Å². The van der Waals surface area contributed by atoms with Gasteiger partial charge in [0.1, 0.15) is 0 Å². The standard InChI is InChI=1S/C15H26N4O2/c1-4-21-13(10(2)3)6-8-17-15(20)14-11-9-16-7-5-12(11)18-19-14/h10,13,16H,4-9H2,1-3H3,(H,17,20)(H,18,19). The minimum Gasteiger partial charge on any atom is -0.378 e. The van der Waals surface area contributed by atoms with Crippen molar-refractivity contribution in [3.63, 3.8) is 0 Å². The van der Waals surface area contributed by atoms with Crippen molar-refractivity contribution in [2.45, 2.75) is 46.3 Å². The van der Waals surface area contributed by atoms with E-state index in [2.05, 4.69) is 34.7 Å². The number of ether oxygens (including phenoxy) is 1. The molecule has 1 amide bonds. The fraction of sp³-hybridized carbons (Fsp3) is 0.733. The summed E-state index contributed by atoms with van der Waals surface area (Å²) in [4.78, 5) is 12.2. The number of carbonyl (C=O) groups excluding carboxylic acids is 1. The van der Waals surface area contributed by atoms with Crippen LogP contribution in [0.4, 0.5) is 0 Å². The van der Waals surface area contributed by atoms with Crippen LogP contribution >= 0.6 is 0 Å².